The van der Waals surface area contributed by atoms with Gasteiger partial charge >= 0.3 is 5.82 Å². The van der Waals surface area contributed by atoms with Crippen LogP contribution in [0.3, 0.4) is 0 Å². The number of aromatic nitrogens is 2. The lowest BCUT2D eigenvalue weighted by Gasteiger charge is -2.06. The Morgan fingerprint density at radius 2 is 2.19 bits per heavy atom. The molecule has 2 N–H and O–H groups in total. The molecule has 0 bridgehead atoms. The molecule has 1 amide bonds. The fraction of sp³-hybridized carbons (Fsp3) is 0.0667. The van der Waals surface area contributed by atoms with Gasteiger partial charge in [0, 0.05) is 5.02 Å². The Balaban J connectivity index is 1.73. The lowest BCUT2D eigenvalue weighted by atomic mass is 10.3. The lowest BCUT2D eigenvalue weighted by molar-refractivity contribution is -0.390. The van der Waals surface area contributed by atoms with Gasteiger partial charge in [-0.3, -0.25) is 4.79 Å². The first-order valence-corrected chi connectivity index (χ1v) is 8.26. The third-order valence-corrected chi connectivity index (χ3v) is 4.08. The molecule has 0 spiro atoms. The first-order valence-electron chi connectivity index (χ1n) is 7.09. The molecule has 3 aromatic rings. The fourth-order valence-electron chi connectivity index (χ4n) is 2.13. The highest BCUT2D eigenvalue weighted by Crippen LogP contribution is 2.27. The molecule has 0 atom stereocenters. The second-order valence-electron chi connectivity index (χ2n) is 5.14. The predicted molar refractivity (Wildman–Crippen MR) is 95.5 cm³/mol. The van der Waals surface area contributed by atoms with Crippen LogP contribution in [-0.4, -0.2) is 25.7 Å². The van der Waals surface area contributed by atoms with Crippen molar-refractivity contribution in [3.63, 3.8) is 0 Å². The maximum Gasteiger partial charge on any atom is 0.404 e. The first-order chi connectivity index (χ1) is 12.3. The summed E-state index contributed by atoms with van der Waals surface area (Å²) in [5, 5.41) is 27.2. The van der Waals surface area contributed by atoms with E-state index in [1.165, 1.54) is 35.1 Å². The molecule has 9 nitrogen and oxygen atoms in total. The molecule has 2 aromatic heterocycles. The number of anilines is 1. The van der Waals surface area contributed by atoms with Gasteiger partial charge < -0.3 is 25.0 Å². The predicted octanol–water partition coefficient (Wildman–Crippen LogP) is 3.81. The van der Waals surface area contributed by atoms with Gasteiger partial charge in [0.05, 0.1) is 17.0 Å². The smallest absolute Gasteiger partial charge is 0.404 e. The minimum Gasteiger partial charge on any atom is -0.506 e. The average molecular weight is 442 g/mol. The number of hydrogen-bond donors (Lipinski definition) is 2. The van der Waals surface area contributed by atoms with Crippen LogP contribution in [0.25, 0.3) is 0 Å². The lowest BCUT2D eigenvalue weighted by Crippen LogP contribution is -2.11. The van der Waals surface area contributed by atoms with E-state index in [-0.39, 0.29) is 34.0 Å². The molecule has 11 heteroatoms. The number of nitrogens with one attached hydrogen (secondary N) is 1. The molecule has 0 saturated heterocycles. The Bertz CT molecular complexity index is 1000. The van der Waals surface area contributed by atoms with Crippen molar-refractivity contribution >= 4 is 44.9 Å². The van der Waals surface area contributed by atoms with Crippen molar-refractivity contribution in [1.82, 2.24) is 9.78 Å². The minimum absolute atomic E-state index is 0.0000898. The Hall–Kier alpha value is -2.85. The second-order valence-corrected chi connectivity index (χ2v) is 6.43. The Morgan fingerprint density at radius 1 is 1.42 bits per heavy atom. The number of amides is 1. The monoisotopic (exact) mass is 440 g/mol. The Labute approximate surface area is 159 Å². The normalized spacial score (nSPS) is 10.7. The number of carbonyl (C=O) groups excluding carboxylic acids is 1. The zero-order valence-electron chi connectivity index (χ0n) is 12.8. The molecule has 0 unspecified atom stereocenters. The molecule has 1 aromatic carbocycles. The van der Waals surface area contributed by atoms with Crippen molar-refractivity contribution in [2.24, 2.45) is 0 Å². The summed E-state index contributed by atoms with van der Waals surface area (Å²) in [7, 11) is 0. The number of furan rings is 1. The zero-order chi connectivity index (χ0) is 18.8. The quantitative estimate of drug-likeness (QED) is 0.352. The molecular formula is C15H10BrClN4O5. The van der Waals surface area contributed by atoms with Gasteiger partial charge in [0.25, 0.3) is 5.91 Å². The van der Waals surface area contributed by atoms with Crippen LogP contribution in [0.15, 0.2) is 45.4 Å². The number of hydrogen-bond acceptors (Lipinski definition) is 6. The van der Waals surface area contributed by atoms with E-state index in [0.29, 0.717) is 10.8 Å². The van der Waals surface area contributed by atoms with E-state index in [0.717, 1.165) is 0 Å². The van der Waals surface area contributed by atoms with E-state index in [1.807, 2.05) is 0 Å². The van der Waals surface area contributed by atoms with Gasteiger partial charge in [0.2, 0.25) is 0 Å². The van der Waals surface area contributed by atoms with Crippen molar-refractivity contribution in [3.8, 4) is 5.75 Å². The van der Waals surface area contributed by atoms with E-state index in [1.54, 1.807) is 6.07 Å². The third-order valence-electron chi connectivity index (χ3n) is 3.28. The topological polar surface area (TPSA) is 123 Å². The molecule has 26 heavy (non-hydrogen) atoms. The Kier molecular flexibility index (Phi) is 4.96. The number of nitro groups is 1. The van der Waals surface area contributed by atoms with E-state index in [9.17, 15) is 20.0 Å². The first kappa shape index (κ1) is 18.0. The SMILES string of the molecule is O=C(Nc1cc(Cl)ccc1O)c1ccc(Cn2cc(Br)c([N+](=O)[O-])n2)o1. The van der Waals surface area contributed by atoms with E-state index in [4.69, 9.17) is 16.0 Å². The summed E-state index contributed by atoms with van der Waals surface area (Å²) in [6.07, 6.45) is 1.43. The van der Waals surface area contributed by atoms with Gasteiger partial charge in [-0.1, -0.05) is 11.6 Å². The van der Waals surface area contributed by atoms with Crippen LogP contribution in [0.5, 0.6) is 5.75 Å². The van der Waals surface area contributed by atoms with Crippen molar-refractivity contribution < 1.29 is 19.2 Å². The highest BCUT2D eigenvalue weighted by molar-refractivity contribution is 9.10. The summed E-state index contributed by atoms with van der Waals surface area (Å²) >= 11 is 8.89. The number of carbonyl (C=O) groups is 1. The zero-order valence-corrected chi connectivity index (χ0v) is 15.2. The van der Waals surface area contributed by atoms with Gasteiger partial charge in [0.15, 0.2) is 5.76 Å². The molecular weight excluding hydrogens is 432 g/mol. The second kappa shape index (κ2) is 7.18. The van der Waals surface area contributed by atoms with Crippen LogP contribution in [-0.2, 0) is 6.54 Å². The van der Waals surface area contributed by atoms with Crippen LogP contribution in [0.2, 0.25) is 5.02 Å². The van der Waals surface area contributed by atoms with Crippen molar-refractivity contribution in [1.29, 1.82) is 0 Å². The molecule has 3 rings (SSSR count). The fourth-order valence-corrected chi connectivity index (χ4v) is 2.76. The van der Waals surface area contributed by atoms with E-state index in [2.05, 4.69) is 26.3 Å². The van der Waals surface area contributed by atoms with Crippen molar-refractivity contribution in [2.75, 3.05) is 5.32 Å². The largest absolute Gasteiger partial charge is 0.506 e. The van der Waals surface area contributed by atoms with Crippen LogP contribution in [0.1, 0.15) is 16.3 Å². The van der Waals surface area contributed by atoms with Crippen molar-refractivity contribution in [3.05, 3.63) is 67.7 Å². The maximum absolute atomic E-state index is 12.2. The number of aromatic hydroxyl groups is 1. The number of benzene rings is 1. The summed E-state index contributed by atoms with van der Waals surface area (Å²) in [6, 6.07) is 7.24. The molecule has 0 saturated carbocycles. The number of rotatable bonds is 5. The van der Waals surface area contributed by atoms with Crippen LogP contribution in [0.4, 0.5) is 11.5 Å². The number of nitrogens with zero attached hydrogens (tertiary/aromatic N) is 3. The molecule has 2 heterocycles. The van der Waals surface area contributed by atoms with Crippen LogP contribution >= 0.6 is 27.5 Å². The number of phenols is 1. The summed E-state index contributed by atoms with van der Waals surface area (Å²) < 4.78 is 6.98. The van der Waals surface area contributed by atoms with Crippen LogP contribution in [0, 0.1) is 10.1 Å². The van der Waals surface area contributed by atoms with Gasteiger partial charge in [-0.15, -0.1) is 0 Å². The van der Waals surface area contributed by atoms with Crippen molar-refractivity contribution in [2.45, 2.75) is 6.54 Å². The molecule has 0 radical (unpaired) electrons. The van der Waals surface area contributed by atoms with Crippen LogP contribution < -0.4 is 5.32 Å². The van der Waals surface area contributed by atoms with Gasteiger partial charge in [-0.2, -0.15) is 4.68 Å². The highest BCUT2D eigenvalue weighted by atomic mass is 79.9. The number of phenolic OH excluding ortho intramolecular Hbond substituents is 1. The van der Waals surface area contributed by atoms with E-state index < -0.39 is 10.8 Å². The van der Waals surface area contributed by atoms with Gasteiger partial charge in [0.1, 0.15) is 22.5 Å². The summed E-state index contributed by atoms with van der Waals surface area (Å²) in [4.78, 5) is 22.4. The minimum atomic E-state index is -0.612. The highest BCUT2D eigenvalue weighted by Gasteiger charge is 2.20. The summed E-state index contributed by atoms with van der Waals surface area (Å²) in [5.41, 5.74) is 0.145. The average Bonchev–Trinajstić information content (AvgIpc) is 3.18. The third kappa shape index (κ3) is 3.86. The summed E-state index contributed by atoms with van der Waals surface area (Å²) in [5.74, 6) is -0.661. The molecule has 0 aliphatic rings. The van der Waals surface area contributed by atoms with Gasteiger partial charge in [-0.25, -0.2) is 0 Å². The maximum atomic E-state index is 12.2. The standard InChI is InChI=1S/C15H10BrClN4O5/c16-10-7-20(19-14(10)21(24)25)6-9-2-4-13(26-9)15(23)18-11-5-8(17)1-3-12(11)22/h1-5,7,22H,6H2,(H,18,23). The molecule has 0 fully saturated rings. The molecule has 0 aliphatic carbocycles. The van der Waals surface area contributed by atoms with E-state index >= 15 is 0 Å². The molecule has 134 valence electrons. The Morgan fingerprint density at radius 3 is 2.88 bits per heavy atom. The molecule has 0 aliphatic heterocycles. The summed E-state index contributed by atoms with van der Waals surface area (Å²) in [6.45, 7) is 0.0993. The number of halogens is 2. The van der Waals surface area contributed by atoms with Gasteiger partial charge in [-0.05, 0) is 51.2 Å².